The highest BCUT2D eigenvalue weighted by molar-refractivity contribution is 5.50. The van der Waals surface area contributed by atoms with Gasteiger partial charge in [-0.15, -0.1) is 0 Å². The molecule has 7 heteroatoms. The number of aliphatic hydroxyl groups excluding tert-OH is 1. The van der Waals surface area contributed by atoms with Crippen molar-refractivity contribution in [2.45, 2.75) is 44.2 Å². The van der Waals surface area contributed by atoms with Crippen LogP contribution in [0.1, 0.15) is 32.1 Å². The molecule has 0 amide bonds. The lowest BCUT2D eigenvalue weighted by Gasteiger charge is -2.34. The van der Waals surface area contributed by atoms with Gasteiger partial charge in [0, 0.05) is 44.9 Å². The maximum atomic E-state index is 9.54. The molecule has 0 aromatic carbocycles. The van der Waals surface area contributed by atoms with Crippen LogP contribution in [-0.4, -0.2) is 78.1 Å². The molecule has 144 valence electrons. The van der Waals surface area contributed by atoms with Crippen LogP contribution in [0.4, 0.5) is 11.6 Å². The van der Waals surface area contributed by atoms with Crippen LogP contribution in [0.2, 0.25) is 0 Å². The summed E-state index contributed by atoms with van der Waals surface area (Å²) in [6.45, 7) is 6.50. The topological polar surface area (TPSA) is 73.8 Å². The fourth-order valence-electron chi connectivity index (χ4n) is 4.47. The number of nitrogens with zero attached hydrogens (tertiary/aromatic N) is 4. The van der Waals surface area contributed by atoms with Crippen molar-refractivity contribution in [3.63, 3.8) is 0 Å². The van der Waals surface area contributed by atoms with Crippen LogP contribution in [0.25, 0.3) is 0 Å². The summed E-state index contributed by atoms with van der Waals surface area (Å²) >= 11 is 0. The lowest BCUT2D eigenvalue weighted by Crippen LogP contribution is -2.41. The molecule has 0 aliphatic carbocycles. The summed E-state index contributed by atoms with van der Waals surface area (Å²) in [5.74, 6) is 2.56. The number of piperidine rings is 1. The molecular formula is C19H31N5O2. The Hall–Kier alpha value is -1.44. The van der Waals surface area contributed by atoms with Crippen molar-refractivity contribution < 1.29 is 9.84 Å². The molecule has 0 spiro atoms. The molecular weight excluding hydrogens is 330 g/mol. The Balaban J connectivity index is 1.29. The van der Waals surface area contributed by atoms with Crippen LogP contribution in [0, 0.1) is 5.92 Å². The molecule has 4 heterocycles. The van der Waals surface area contributed by atoms with E-state index in [2.05, 4.69) is 25.1 Å². The highest BCUT2D eigenvalue weighted by atomic mass is 16.5. The minimum Gasteiger partial charge on any atom is -0.394 e. The maximum Gasteiger partial charge on any atom is 0.134 e. The van der Waals surface area contributed by atoms with Gasteiger partial charge in [-0.25, -0.2) is 9.97 Å². The third-order valence-corrected chi connectivity index (χ3v) is 6.01. The van der Waals surface area contributed by atoms with Gasteiger partial charge in [-0.2, -0.15) is 0 Å². The predicted octanol–water partition coefficient (Wildman–Crippen LogP) is 1.35. The van der Waals surface area contributed by atoms with Gasteiger partial charge in [0.1, 0.15) is 18.0 Å². The van der Waals surface area contributed by atoms with Crippen molar-refractivity contribution in [3.05, 3.63) is 12.4 Å². The van der Waals surface area contributed by atoms with E-state index >= 15 is 0 Å². The standard InChI is InChI=1S/C19H31N5O2/c25-12-17-2-1-6-24(17)19-10-18(20-14-21-19)22-16-3-7-23(8-4-16)11-15-5-9-26-13-15/h10,14-17,25H,1-9,11-13H2,(H,20,21,22). The quantitative estimate of drug-likeness (QED) is 0.792. The van der Waals surface area contributed by atoms with Crippen LogP contribution in [0.3, 0.4) is 0 Å². The molecule has 3 aliphatic rings. The third-order valence-electron chi connectivity index (χ3n) is 6.01. The predicted molar refractivity (Wildman–Crippen MR) is 101 cm³/mol. The van der Waals surface area contributed by atoms with Gasteiger partial charge in [0.05, 0.1) is 19.3 Å². The molecule has 4 rings (SSSR count). The van der Waals surface area contributed by atoms with E-state index < -0.39 is 0 Å². The van der Waals surface area contributed by atoms with E-state index in [0.717, 1.165) is 76.1 Å². The van der Waals surface area contributed by atoms with Gasteiger partial charge in [-0.1, -0.05) is 0 Å². The molecule has 1 aromatic heterocycles. The van der Waals surface area contributed by atoms with Gasteiger partial charge in [0.25, 0.3) is 0 Å². The summed E-state index contributed by atoms with van der Waals surface area (Å²) < 4.78 is 5.49. The highest BCUT2D eigenvalue weighted by Crippen LogP contribution is 2.25. The van der Waals surface area contributed by atoms with Gasteiger partial charge < -0.3 is 25.0 Å². The molecule has 0 saturated carbocycles. The van der Waals surface area contributed by atoms with Crippen LogP contribution in [0.15, 0.2) is 12.4 Å². The fraction of sp³-hybridized carbons (Fsp3) is 0.789. The molecule has 2 atom stereocenters. The lowest BCUT2D eigenvalue weighted by molar-refractivity contribution is 0.154. The summed E-state index contributed by atoms with van der Waals surface area (Å²) in [4.78, 5) is 13.6. The van der Waals surface area contributed by atoms with E-state index in [0.29, 0.717) is 6.04 Å². The first-order valence-corrected chi connectivity index (χ1v) is 10.1. The number of ether oxygens (including phenoxy) is 1. The van der Waals surface area contributed by atoms with Gasteiger partial charge in [0.2, 0.25) is 0 Å². The summed E-state index contributed by atoms with van der Waals surface area (Å²) in [7, 11) is 0. The molecule has 0 bridgehead atoms. The largest absolute Gasteiger partial charge is 0.394 e. The average Bonchev–Trinajstić information content (AvgIpc) is 3.35. The molecule has 26 heavy (non-hydrogen) atoms. The van der Waals surface area contributed by atoms with Crippen molar-refractivity contribution in [2.24, 2.45) is 5.92 Å². The molecule has 0 radical (unpaired) electrons. The van der Waals surface area contributed by atoms with Gasteiger partial charge in [-0.05, 0) is 38.0 Å². The molecule has 1 aromatic rings. The van der Waals surface area contributed by atoms with E-state index in [4.69, 9.17) is 4.74 Å². The first-order chi connectivity index (χ1) is 12.8. The van der Waals surface area contributed by atoms with Gasteiger partial charge in [0.15, 0.2) is 0 Å². The van der Waals surface area contributed by atoms with E-state index in [1.54, 1.807) is 6.33 Å². The second-order valence-electron chi connectivity index (χ2n) is 7.88. The summed E-state index contributed by atoms with van der Waals surface area (Å²) in [5, 5.41) is 13.1. The highest BCUT2D eigenvalue weighted by Gasteiger charge is 2.26. The zero-order valence-electron chi connectivity index (χ0n) is 15.5. The van der Waals surface area contributed by atoms with Crippen LogP contribution >= 0.6 is 0 Å². The second kappa shape index (κ2) is 8.50. The van der Waals surface area contributed by atoms with E-state index in [1.807, 2.05) is 6.07 Å². The fourth-order valence-corrected chi connectivity index (χ4v) is 4.47. The smallest absolute Gasteiger partial charge is 0.134 e. The number of hydrogen-bond donors (Lipinski definition) is 2. The van der Waals surface area contributed by atoms with Crippen LogP contribution in [-0.2, 0) is 4.74 Å². The van der Waals surface area contributed by atoms with Crippen molar-refractivity contribution in [2.75, 3.05) is 56.2 Å². The molecule has 2 unspecified atom stereocenters. The average molecular weight is 361 g/mol. The SMILES string of the molecule is OCC1CCCN1c1cc(NC2CCN(CC3CCOC3)CC2)ncn1. The second-order valence-corrected chi connectivity index (χ2v) is 7.88. The van der Waals surface area contributed by atoms with E-state index in [-0.39, 0.29) is 12.6 Å². The van der Waals surface area contributed by atoms with Crippen LogP contribution < -0.4 is 10.2 Å². The zero-order chi connectivity index (χ0) is 17.8. The molecule has 3 fully saturated rings. The van der Waals surface area contributed by atoms with Crippen molar-refractivity contribution in [1.82, 2.24) is 14.9 Å². The minimum atomic E-state index is 0.192. The lowest BCUT2D eigenvalue weighted by atomic mass is 10.0. The van der Waals surface area contributed by atoms with Gasteiger partial charge in [-0.3, -0.25) is 0 Å². The number of aliphatic hydroxyl groups is 1. The number of anilines is 2. The molecule has 2 N–H and O–H groups in total. The van der Waals surface area contributed by atoms with Crippen molar-refractivity contribution in [1.29, 1.82) is 0 Å². The summed E-state index contributed by atoms with van der Waals surface area (Å²) in [6, 6.07) is 2.71. The normalized spacial score (nSPS) is 28.0. The van der Waals surface area contributed by atoms with Gasteiger partial charge >= 0.3 is 0 Å². The third kappa shape index (κ3) is 4.27. The number of nitrogens with one attached hydrogen (secondary N) is 1. The Morgan fingerprint density at radius 2 is 2.04 bits per heavy atom. The maximum absolute atomic E-state index is 9.54. The Morgan fingerprint density at radius 3 is 2.81 bits per heavy atom. The summed E-state index contributed by atoms with van der Waals surface area (Å²) in [6.07, 6.45) is 7.30. The molecule has 3 aliphatic heterocycles. The first-order valence-electron chi connectivity index (χ1n) is 10.1. The molecule has 7 nitrogen and oxygen atoms in total. The molecule has 3 saturated heterocycles. The Labute approximate surface area is 155 Å². The number of likely N-dealkylation sites (tertiary alicyclic amines) is 1. The summed E-state index contributed by atoms with van der Waals surface area (Å²) in [5.41, 5.74) is 0. The van der Waals surface area contributed by atoms with E-state index in [1.165, 1.54) is 13.0 Å². The Morgan fingerprint density at radius 1 is 1.15 bits per heavy atom. The van der Waals surface area contributed by atoms with Crippen LogP contribution in [0.5, 0.6) is 0 Å². The monoisotopic (exact) mass is 361 g/mol. The minimum absolute atomic E-state index is 0.192. The number of aromatic nitrogens is 2. The Kier molecular flexibility index (Phi) is 5.87. The van der Waals surface area contributed by atoms with E-state index in [9.17, 15) is 5.11 Å². The number of rotatable bonds is 6. The van der Waals surface area contributed by atoms with Crippen molar-refractivity contribution >= 4 is 11.6 Å². The first kappa shape index (κ1) is 17.9. The Bertz CT molecular complexity index is 573. The van der Waals surface area contributed by atoms with Crippen molar-refractivity contribution in [3.8, 4) is 0 Å². The number of hydrogen-bond acceptors (Lipinski definition) is 7. The zero-order valence-corrected chi connectivity index (χ0v) is 15.5.